The number of aromatic nitrogens is 1. The molecule has 0 saturated carbocycles. The largest absolute Gasteiger partial charge is 0.391 e. The summed E-state index contributed by atoms with van der Waals surface area (Å²) >= 11 is 0. The number of anilines is 2. The quantitative estimate of drug-likeness (QED) is 0.149. The maximum absolute atomic E-state index is 12.3. The van der Waals surface area contributed by atoms with E-state index in [9.17, 15) is 19.5 Å². The van der Waals surface area contributed by atoms with Crippen molar-refractivity contribution in [2.24, 2.45) is 0 Å². The lowest BCUT2D eigenvalue weighted by Crippen LogP contribution is -2.51. The first-order chi connectivity index (χ1) is 18.4. The lowest BCUT2D eigenvalue weighted by atomic mass is 10.1. The Hall–Kier alpha value is -5.16. The summed E-state index contributed by atoms with van der Waals surface area (Å²) in [4.78, 5) is 39.9. The van der Waals surface area contributed by atoms with Crippen molar-refractivity contribution < 1.29 is 24.7 Å². The number of nitrogens with zero attached hydrogens (tertiary/aromatic N) is 1. The molecule has 2 aromatic carbocycles. The Morgan fingerprint density at radius 2 is 1.54 bits per heavy atom. The highest BCUT2D eigenvalue weighted by Gasteiger charge is 2.25. The maximum Gasteiger partial charge on any atom is 0.268 e. The average molecular weight is 528 g/mol. The van der Waals surface area contributed by atoms with Crippen molar-refractivity contribution in [1.29, 1.82) is 0 Å². The second-order valence-electron chi connectivity index (χ2n) is 7.97. The van der Waals surface area contributed by atoms with Crippen LogP contribution >= 0.6 is 0 Å². The number of hydroxylamine groups is 1. The van der Waals surface area contributed by atoms with Gasteiger partial charge >= 0.3 is 0 Å². The predicted octanol–water partition coefficient (Wildman–Crippen LogP) is 2.16. The predicted molar refractivity (Wildman–Crippen MR) is 148 cm³/mol. The lowest BCUT2D eigenvalue weighted by molar-refractivity contribution is -0.133. The molecule has 3 aromatic rings. The van der Waals surface area contributed by atoms with Crippen molar-refractivity contribution in [2.75, 3.05) is 17.2 Å². The molecule has 0 aliphatic carbocycles. The Balaban J connectivity index is 0.00000533. The number of hydrogen-bond acceptors (Lipinski definition) is 7. The molecule has 0 saturated heterocycles. The first-order valence-corrected chi connectivity index (χ1v) is 11.4. The Bertz CT molecular complexity index is 1380. The molecule has 10 nitrogen and oxygen atoms in total. The van der Waals surface area contributed by atoms with Crippen molar-refractivity contribution in [1.82, 2.24) is 15.8 Å². The third-order valence-corrected chi connectivity index (χ3v) is 5.07. The maximum atomic E-state index is 12.3. The van der Waals surface area contributed by atoms with Gasteiger partial charge in [0, 0.05) is 34.8 Å². The van der Waals surface area contributed by atoms with Crippen molar-refractivity contribution in [3.63, 3.8) is 0 Å². The smallest absolute Gasteiger partial charge is 0.268 e. The third-order valence-electron chi connectivity index (χ3n) is 5.07. The number of aliphatic hydroxyl groups is 1. The molecule has 6 N–H and O–H groups in total. The van der Waals surface area contributed by atoms with Gasteiger partial charge in [-0.25, -0.2) is 5.48 Å². The Labute approximate surface area is 226 Å². The zero-order valence-corrected chi connectivity index (χ0v) is 20.4. The van der Waals surface area contributed by atoms with Crippen molar-refractivity contribution >= 4 is 29.1 Å². The molecule has 10 heteroatoms. The van der Waals surface area contributed by atoms with E-state index in [-0.39, 0.29) is 25.4 Å². The van der Waals surface area contributed by atoms with E-state index in [4.69, 9.17) is 5.21 Å². The monoisotopic (exact) mass is 527 g/mol. The van der Waals surface area contributed by atoms with E-state index in [1.165, 1.54) is 24.5 Å². The summed E-state index contributed by atoms with van der Waals surface area (Å²) < 4.78 is 0. The van der Waals surface area contributed by atoms with Crippen LogP contribution in [0.15, 0.2) is 73.1 Å². The van der Waals surface area contributed by atoms with Crippen LogP contribution < -0.4 is 21.4 Å². The van der Waals surface area contributed by atoms with Gasteiger partial charge in [-0.05, 0) is 79.4 Å². The molecule has 1 heterocycles. The van der Waals surface area contributed by atoms with Crippen LogP contribution in [0.25, 0.3) is 0 Å². The van der Waals surface area contributed by atoms with E-state index in [0.29, 0.717) is 11.3 Å². The van der Waals surface area contributed by atoms with E-state index < -0.39 is 24.0 Å². The number of carbonyl (C=O) groups is 3. The SMILES string of the molecule is C.C[C@@H](O)[C@H](NC(=O)c1ccc(C#CC#Cc2ccc(NC(=O)CNc3cccnc3)cc2)cc1)C(=O)NO. The van der Waals surface area contributed by atoms with Gasteiger partial charge in [0.1, 0.15) is 6.04 Å². The first-order valence-electron chi connectivity index (χ1n) is 11.4. The van der Waals surface area contributed by atoms with E-state index >= 15 is 0 Å². The average Bonchev–Trinajstić information content (AvgIpc) is 2.94. The molecular formula is C29H29N5O5. The fourth-order valence-corrected chi connectivity index (χ4v) is 3.10. The first kappa shape index (κ1) is 30.1. The van der Waals surface area contributed by atoms with Crippen LogP contribution in [0, 0.1) is 23.7 Å². The Morgan fingerprint density at radius 1 is 0.923 bits per heavy atom. The highest BCUT2D eigenvalue weighted by atomic mass is 16.5. The fourth-order valence-electron chi connectivity index (χ4n) is 3.10. The standard InChI is InChI=1S/C28H25N5O5.CH4/c1-19(34)26(28(37)33-38)32-27(36)22-12-8-20(9-13-22)5-2-3-6-21-10-14-23(15-11-21)31-25(35)18-30-24-7-4-16-29-17-24;/h4,7-17,19,26,30,34,38H,18H2,1H3,(H,31,35)(H,32,36)(H,33,37);1H4/t19-,26+;/m1./s1. The Kier molecular flexibility index (Phi) is 11.7. The molecule has 0 bridgehead atoms. The molecule has 0 unspecified atom stereocenters. The van der Waals surface area contributed by atoms with Gasteiger partial charge in [0.2, 0.25) is 5.91 Å². The number of carbonyl (C=O) groups excluding carboxylic acids is 3. The van der Waals surface area contributed by atoms with Crippen molar-refractivity contribution in [3.05, 3.63) is 89.7 Å². The lowest BCUT2D eigenvalue weighted by Gasteiger charge is -2.19. The summed E-state index contributed by atoms with van der Waals surface area (Å²) in [5.74, 6) is 9.57. The number of nitrogens with one attached hydrogen (secondary N) is 4. The van der Waals surface area contributed by atoms with Crippen LogP contribution in [0.5, 0.6) is 0 Å². The topological polar surface area (TPSA) is 153 Å². The van der Waals surface area contributed by atoms with Gasteiger partial charge in [-0.2, -0.15) is 0 Å². The van der Waals surface area contributed by atoms with Gasteiger partial charge in [0.05, 0.1) is 18.3 Å². The van der Waals surface area contributed by atoms with Crippen LogP contribution in [0.2, 0.25) is 0 Å². The number of amides is 3. The molecule has 0 radical (unpaired) electrons. The highest BCUT2D eigenvalue weighted by Crippen LogP contribution is 2.09. The van der Waals surface area contributed by atoms with Crippen LogP contribution in [-0.4, -0.2) is 51.7 Å². The zero-order chi connectivity index (χ0) is 27.3. The van der Waals surface area contributed by atoms with Crippen LogP contribution in [0.3, 0.4) is 0 Å². The van der Waals surface area contributed by atoms with Gasteiger partial charge in [-0.1, -0.05) is 19.3 Å². The third kappa shape index (κ3) is 9.67. The molecule has 0 aliphatic rings. The van der Waals surface area contributed by atoms with Gasteiger partial charge in [0.25, 0.3) is 11.8 Å². The van der Waals surface area contributed by atoms with E-state index in [2.05, 4.69) is 44.6 Å². The summed E-state index contributed by atoms with van der Waals surface area (Å²) in [7, 11) is 0. The van der Waals surface area contributed by atoms with E-state index in [0.717, 1.165) is 11.3 Å². The minimum Gasteiger partial charge on any atom is -0.391 e. The number of pyridine rings is 1. The highest BCUT2D eigenvalue weighted by molar-refractivity contribution is 5.97. The summed E-state index contributed by atoms with van der Waals surface area (Å²) in [6.07, 6.45) is 2.09. The zero-order valence-electron chi connectivity index (χ0n) is 20.4. The second-order valence-corrected chi connectivity index (χ2v) is 7.97. The minimum atomic E-state index is -1.30. The number of rotatable bonds is 8. The second kappa shape index (κ2) is 15.2. The van der Waals surface area contributed by atoms with Crippen molar-refractivity contribution in [2.45, 2.75) is 26.5 Å². The van der Waals surface area contributed by atoms with Crippen LogP contribution in [0.1, 0.15) is 35.8 Å². The van der Waals surface area contributed by atoms with Gasteiger partial charge in [-0.15, -0.1) is 0 Å². The van der Waals surface area contributed by atoms with Crippen LogP contribution in [0.4, 0.5) is 11.4 Å². The van der Waals surface area contributed by atoms with Gasteiger partial charge < -0.3 is 21.1 Å². The molecule has 0 fully saturated rings. The molecule has 2 atom stereocenters. The van der Waals surface area contributed by atoms with Gasteiger partial charge in [-0.3, -0.25) is 24.6 Å². The summed E-state index contributed by atoms with van der Waals surface area (Å²) in [5.41, 5.74) is 4.39. The fraction of sp³-hybridized carbons (Fsp3) is 0.172. The number of hydrogen-bond donors (Lipinski definition) is 6. The van der Waals surface area contributed by atoms with Gasteiger partial charge in [0.15, 0.2) is 0 Å². The summed E-state index contributed by atoms with van der Waals surface area (Å²) in [5, 5.41) is 26.5. The van der Waals surface area contributed by atoms with Crippen molar-refractivity contribution in [3.8, 4) is 23.7 Å². The summed E-state index contributed by atoms with van der Waals surface area (Å²) in [6, 6.07) is 15.6. The van der Waals surface area contributed by atoms with Crippen LogP contribution in [-0.2, 0) is 9.59 Å². The summed E-state index contributed by atoms with van der Waals surface area (Å²) in [6.45, 7) is 1.42. The normalized spacial score (nSPS) is 11.1. The number of aliphatic hydroxyl groups excluding tert-OH is 1. The number of benzene rings is 2. The van der Waals surface area contributed by atoms with E-state index in [1.807, 2.05) is 6.07 Å². The molecule has 3 amide bonds. The van der Waals surface area contributed by atoms with E-state index in [1.54, 1.807) is 54.9 Å². The molecule has 39 heavy (non-hydrogen) atoms. The minimum absolute atomic E-state index is 0. The molecular weight excluding hydrogens is 498 g/mol. The molecule has 0 aliphatic heterocycles. The molecule has 0 spiro atoms. The molecule has 200 valence electrons. The molecule has 1 aromatic heterocycles. The molecule has 3 rings (SSSR count). The Morgan fingerprint density at radius 3 is 2.08 bits per heavy atom.